The number of nitrogens with one attached hydrogen (secondary N) is 1. The van der Waals surface area contributed by atoms with E-state index < -0.39 is 12.2 Å². The lowest BCUT2D eigenvalue weighted by atomic mass is 10.1. The SMILES string of the molecule is COc1cc(CCCO)ccc1NC(=O)c1ccccc1C(O)O. The summed E-state index contributed by atoms with van der Waals surface area (Å²) >= 11 is 0. The lowest BCUT2D eigenvalue weighted by molar-refractivity contribution is -0.0429. The second-order valence-electron chi connectivity index (χ2n) is 5.28. The van der Waals surface area contributed by atoms with E-state index in [1.54, 1.807) is 24.3 Å². The summed E-state index contributed by atoms with van der Waals surface area (Å²) in [6, 6.07) is 11.7. The van der Waals surface area contributed by atoms with Gasteiger partial charge in [-0.05, 0) is 36.6 Å². The Morgan fingerprint density at radius 1 is 1.21 bits per heavy atom. The van der Waals surface area contributed by atoms with Crippen LogP contribution < -0.4 is 10.1 Å². The van der Waals surface area contributed by atoms with Crippen molar-refractivity contribution in [3.8, 4) is 5.75 Å². The Bertz CT molecular complexity index is 700. The van der Waals surface area contributed by atoms with Crippen molar-refractivity contribution in [2.75, 3.05) is 19.0 Å². The molecule has 2 rings (SSSR count). The first kappa shape index (κ1) is 17.9. The Kier molecular flexibility index (Phi) is 6.31. The first-order valence-electron chi connectivity index (χ1n) is 7.61. The van der Waals surface area contributed by atoms with E-state index in [4.69, 9.17) is 9.84 Å². The van der Waals surface area contributed by atoms with Crippen LogP contribution in [0.2, 0.25) is 0 Å². The molecular weight excluding hydrogens is 310 g/mol. The van der Waals surface area contributed by atoms with Crippen molar-refractivity contribution in [1.29, 1.82) is 0 Å². The number of amides is 1. The van der Waals surface area contributed by atoms with E-state index >= 15 is 0 Å². The summed E-state index contributed by atoms with van der Waals surface area (Å²) in [5.41, 5.74) is 1.79. The third kappa shape index (κ3) is 4.32. The first-order chi connectivity index (χ1) is 11.6. The molecule has 0 heterocycles. The van der Waals surface area contributed by atoms with Crippen LogP contribution >= 0.6 is 0 Å². The van der Waals surface area contributed by atoms with Gasteiger partial charge in [0.15, 0.2) is 6.29 Å². The Morgan fingerprint density at radius 2 is 1.96 bits per heavy atom. The molecule has 0 fully saturated rings. The molecule has 0 aliphatic rings. The highest BCUT2D eigenvalue weighted by molar-refractivity contribution is 6.06. The summed E-state index contributed by atoms with van der Waals surface area (Å²) in [6.45, 7) is 0.112. The van der Waals surface area contributed by atoms with E-state index in [-0.39, 0.29) is 17.7 Å². The van der Waals surface area contributed by atoms with Crippen molar-refractivity contribution in [2.24, 2.45) is 0 Å². The van der Waals surface area contributed by atoms with Crippen LogP contribution in [0, 0.1) is 0 Å². The van der Waals surface area contributed by atoms with Crippen molar-refractivity contribution < 1.29 is 24.9 Å². The molecule has 0 radical (unpaired) electrons. The molecule has 0 aliphatic carbocycles. The second-order valence-corrected chi connectivity index (χ2v) is 5.28. The molecule has 6 nitrogen and oxygen atoms in total. The van der Waals surface area contributed by atoms with E-state index in [2.05, 4.69) is 5.32 Å². The lowest BCUT2D eigenvalue weighted by Crippen LogP contribution is -2.16. The molecule has 0 atom stereocenters. The van der Waals surface area contributed by atoms with Crippen LogP contribution in [0.4, 0.5) is 5.69 Å². The first-order valence-corrected chi connectivity index (χ1v) is 7.61. The van der Waals surface area contributed by atoms with E-state index in [1.807, 2.05) is 6.07 Å². The molecule has 0 aliphatic heterocycles. The van der Waals surface area contributed by atoms with Crippen molar-refractivity contribution in [2.45, 2.75) is 19.1 Å². The van der Waals surface area contributed by atoms with Gasteiger partial charge in [0.1, 0.15) is 5.75 Å². The average Bonchev–Trinajstić information content (AvgIpc) is 2.60. The van der Waals surface area contributed by atoms with Gasteiger partial charge in [-0.2, -0.15) is 0 Å². The predicted octanol–water partition coefficient (Wildman–Crippen LogP) is 1.86. The Morgan fingerprint density at radius 3 is 2.62 bits per heavy atom. The Labute approximate surface area is 140 Å². The van der Waals surface area contributed by atoms with Crippen molar-refractivity contribution in [3.63, 3.8) is 0 Å². The molecule has 2 aromatic carbocycles. The number of anilines is 1. The number of hydrogen-bond acceptors (Lipinski definition) is 5. The smallest absolute Gasteiger partial charge is 0.256 e. The lowest BCUT2D eigenvalue weighted by Gasteiger charge is -2.14. The number of aliphatic hydroxyl groups excluding tert-OH is 2. The number of carbonyl (C=O) groups excluding carboxylic acids is 1. The summed E-state index contributed by atoms with van der Waals surface area (Å²) in [6.07, 6.45) is -0.369. The maximum absolute atomic E-state index is 12.4. The highest BCUT2D eigenvalue weighted by Gasteiger charge is 2.16. The van der Waals surface area contributed by atoms with Crippen LogP contribution in [0.5, 0.6) is 5.75 Å². The van der Waals surface area contributed by atoms with Crippen molar-refractivity contribution in [3.05, 3.63) is 59.2 Å². The average molecular weight is 331 g/mol. The zero-order valence-corrected chi connectivity index (χ0v) is 13.4. The fraction of sp³-hybridized carbons (Fsp3) is 0.278. The van der Waals surface area contributed by atoms with Crippen LogP contribution in [0.1, 0.15) is 34.2 Å². The van der Waals surface area contributed by atoms with Crippen LogP contribution in [-0.2, 0) is 6.42 Å². The van der Waals surface area contributed by atoms with Gasteiger partial charge in [-0.25, -0.2) is 0 Å². The van der Waals surface area contributed by atoms with Gasteiger partial charge in [-0.15, -0.1) is 0 Å². The number of ether oxygens (including phenoxy) is 1. The summed E-state index contributed by atoms with van der Waals surface area (Å²) in [5, 5.41) is 30.4. The molecular formula is C18H21NO5. The van der Waals surface area contributed by atoms with Crippen LogP contribution in [-0.4, -0.2) is 34.9 Å². The zero-order valence-electron chi connectivity index (χ0n) is 13.4. The summed E-state index contributed by atoms with van der Waals surface area (Å²) < 4.78 is 5.30. The number of hydrogen-bond donors (Lipinski definition) is 4. The molecule has 0 spiro atoms. The summed E-state index contributed by atoms with van der Waals surface area (Å²) in [5.74, 6) is 0.0425. The van der Waals surface area contributed by atoms with Crippen LogP contribution in [0.3, 0.4) is 0 Å². The van der Waals surface area contributed by atoms with E-state index in [0.29, 0.717) is 24.3 Å². The minimum Gasteiger partial charge on any atom is -0.495 e. The topological polar surface area (TPSA) is 99.0 Å². The molecule has 0 bridgehead atoms. The summed E-state index contributed by atoms with van der Waals surface area (Å²) in [4.78, 5) is 12.4. The third-order valence-electron chi connectivity index (χ3n) is 3.62. The minimum atomic E-state index is -1.73. The van der Waals surface area contributed by atoms with Gasteiger partial charge < -0.3 is 25.4 Å². The molecule has 0 unspecified atom stereocenters. The second kappa shape index (κ2) is 8.44. The highest BCUT2D eigenvalue weighted by Crippen LogP contribution is 2.27. The fourth-order valence-corrected chi connectivity index (χ4v) is 2.40. The van der Waals surface area contributed by atoms with Crippen molar-refractivity contribution >= 4 is 11.6 Å². The van der Waals surface area contributed by atoms with Crippen LogP contribution in [0.25, 0.3) is 0 Å². The fourth-order valence-electron chi connectivity index (χ4n) is 2.40. The van der Waals surface area contributed by atoms with Gasteiger partial charge in [0.25, 0.3) is 5.91 Å². The van der Waals surface area contributed by atoms with Gasteiger partial charge >= 0.3 is 0 Å². The largest absolute Gasteiger partial charge is 0.495 e. The van der Waals surface area contributed by atoms with E-state index in [0.717, 1.165) is 5.56 Å². The van der Waals surface area contributed by atoms with Gasteiger partial charge in [0.2, 0.25) is 0 Å². The third-order valence-corrected chi connectivity index (χ3v) is 3.62. The molecule has 0 aromatic heterocycles. The Balaban J connectivity index is 2.23. The molecule has 6 heteroatoms. The van der Waals surface area contributed by atoms with Crippen molar-refractivity contribution in [1.82, 2.24) is 0 Å². The minimum absolute atomic E-state index is 0.112. The number of benzene rings is 2. The molecule has 2 aromatic rings. The van der Waals surface area contributed by atoms with Gasteiger partial charge in [0.05, 0.1) is 12.8 Å². The molecule has 24 heavy (non-hydrogen) atoms. The molecule has 128 valence electrons. The maximum Gasteiger partial charge on any atom is 0.256 e. The number of aliphatic hydroxyl groups is 3. The number of carbonyl (C=O) groups is 1. The quantitative estimate of drug-likeness (QED) is 0.580. The monoisotopic (exact) mass is 331 g/mol. The zero-order chi connectivity index (χ0) is 17.5. The summed E-state index contributed by atoms with van der Waals surface area (Å²) in [7, 11) is 1.51. The van der Waals surface area contributed by atoms with Gasteiger partial charge in [-0.1, -0.05) is 24.3 Å². The van der Waals surface area contributed by atoms with E-state index in [9.17, 15) is 15.0 Å². The van der Waals surface area contributed by atoms with E-state index in [1.165, 1.54) is 19.2 Å². The highest BCUT2D eigenvalue weighted by atomic mass is 16.5. The van der Waals surface area contributed by atoms with Gasteiger partial charge in [0, 0.05) is 17.7 Å². The molecule has 0 saturated heterocycles. The molecule has 1 amide bonds. The normalized spacial score (nSPS) is 10.7. The Hall–Kier alpha value is -2.41. The predicted molar refractivity (Wildman–Crippen MR) is 90.0 cm³/mol. The van der Waals surface area contributed by atoms with Gasteiger partial charge in [-0.3, -0.25) is 4.79 Å². The standard InChI is InChI=1S/C18H21NO5/c1-24-16-11-12(5-4-10-20)8-9-15(16)19-17(21)13-6-2-3-7-14(13)18(22)23/h2-3,6-9,11,18,20,22-23H,4-5,10H2,1H3,(H,19,21). The number of rotatable bonds is 7. The number of aryl methyl sites for hydroxylation is 1. The molecule has 4 N–H and O–H groups in total. The molecule has 0 saturated carbocycles. The maximum atomic E-state index is 12.4. The number of methoxy groups -OCH3 is 1. The van der Waals surface area contributed by atoms with Crippen LogP contribution in [0.15, 0.2) is 42.5 Å².